The SMILES string of the molecule is OC(C#Cc1ccc(Br)cc1)c1ccc(Br)cc1. The van der Waals surface area contributed by atoms with Crippen LogP contribution in [-0.2, 0) is 0 Å². The van der Waals surface area contributed by atoms with Gasteiger partial charge in [-0.25, -0.2) is 0 Å². The largest absolute Gasteiger partial charge is 0.376 e. The second kappa shape index (κ2) is 6.19. The Labute approximate surface area is 123 Å². The summed E-state index contributed by atoms with van der Waals surface area (Å²) in [4.78, 5) is 0. The maximum Gasteiger partial charge on any atom is 0.140 e. The van der Waals surface area contributed by atoms with Gasteiger partial charge in [0.25, 0.3) is 0 Å². The summed E-state index contributed by atoms with van der Waals surface area (Å²) in [6.07, 6.45) is -0.762. The maximum atomic E-state index is 9.93. The first-order valence-corrected chi connectivity index (χ1v) is 6.94. The third-order valence-electron chi connectivity index (χ3n) is 2.38. The molecule has 0 bridgehead atoms. The Bertz CT molecular complexity index is 577. The summed E-state index contributed by atoms with van der Waals surface area (Å²) in [6, 6.07) is 15.2. The minimum atomic E-state index is -0.762. The summed E-state index contributed by atoms with van der Waals surface area (Å²) in [7, 11) is 0. The minimum absolute atomic E-state index is 0.762. The standard InChI is InChI=1S/C15H10Br2O/c16-13-6-1-11(2-7-13)3-10-15(18)12-4-8-14(17)9-5-12/h1-2,4-9,15,18H. The van der Waals surface area contributed by atoms with Gasteiger partial charge in [-0.1, -0.05) is 55.8 Å². The van der Waals surface area contributed by atoms with E-state index in [2.05, 4.69) is 43.7 Å². The van der Waals surface area contributed by atoms with Crippen molar-refractivity contribution >= 4 is 31.9 Å². The molecule has 0 saturated carbocycles. The number of halogens is 2. The molecule has 0 saturated heterocycles. The molecular weight excluding hydrogens is 356 g/mol. The first-order chi connectivity index (χ1) is 8.65. The molecule has 2 rings (SSSR count). The molecule has 90 valence electrons. The lowest BCUT2D eigenvalue weighted by Gasteiger charge is -2.03. The van der Waals surface area contributed by atoms with Crippen molar-refractivity contribution in [3.63, 3.8) is 0 Å². The highest BCUT2D eigenvalue weighted by Crippen LogP contribution is 2.16. The molecule has 2 aromatic carbocycles. The summed E-state index contributed by atoms with van der Waals surface area (Å²) >= 11 is 6.72. The Morgan fingerprint density at radius 2 is 1.33 bits per heavy atom. The van der Waals surface area contributed by atoms with E-state index in [1.807, 2.05) is 48.5 Å². The van der Waals surface area contributed by atoms with Gasteiger partial charge in [0.05, 0.1) is 0 Å². The number of hydrogen-bond donors (Lipinski definition) is 1. The molecular formula is C15H10Br2O. The summed E-state index contributed by atoms with van der Waals surface area (Å²) in [5.41, 5.74) is 1.68. The van der Waals surface area contributed by atoms with E-state index >= 15 is 0 Å². The Hall–Kier alpha value is -1.08. The van der Waals surface area contributed by atoms with E-state index in [9.17, 15) is 5.11 Å². The van der Waals surface area contributed by atoms with Crippen LogP contribution in [-0.4, -0.2) is 5.11 Å². The van der Waals surface area contributed by atoms with Gasteiger partial charge in [-0.3, -0.25) is 0 Å². The van der Waals surface area contributed by atoms with Crippen LogP contribution in [0.4, 0.5) is 0 Å². The van der Waals surface area contributed by atoms with Gasteiger partial charge in [0.2, 0.25) is 0 Å². The maximum absolute atomic E-state index is 9.93. The van der Waals surface area contributed by atoms with Crippen LogP contribution in [0.15, 0.2) is 57.5 Å². The molecule has 0 radical (unpaired) electrons. The van der Waals surface area contributed by atoms with Gasteiger partial charge < -0.3 is 5.11 Å². The predicted octanol–water partition coefficient (Wildman–Crippen LogP) is 4.30. The van der Waals surface area contributed by atoms with Crippen LogP contribution in [0.2, 0.25) is 0 Å². The average Bonchev–Trinajstić information content (AvgIpc) is 2.38. The fraction of sp³-hybridized carbons (Fsp3) is 0.0667. The summed E-state index contributed by atoms with van der Waals surface area (Å²) in [5.74, 6) is 5.78. The highest BCUT2D eigenvalue weighted by Gasteiger charge is 2.02. The zero-order valence-electron chi connectivity index (χ0n) is 9.40. The molecule has 1 N–H and O–H groups in total. The molecule has 0 aliphatic rings. The van der Waals surface area contributed by atoms with Gasteiger partial charge in [-0.2, -0.15) is 0 Å². The highest BCUT2D eigenvalue weighted by molar-refractivity contribution is 9.10. The van der Waals surface area contributed by atoms with E-state index in [1.54, 1.807) is 0 Å². The van der Waals surface area contributed by atoms with Crippen LogP contribution in [0.25, 0.3) is 0 Å². The van der Waals surface area contributed by atoms with Crippen LogP contribution in [0, 0.1) is 11.8 Å². The first kappa shape index (κ1) is 13.4. The lowest BCUT2D eigenvalue weighted by molar-refractivity contribution is 0.238. The number of aliphatic hydroxyl groups is 1. The van der Waals surface area contributed by atoms with Crippen LogP contribution >= 0.6 is 31.9 Å². The minimum Gasteiger partial charge on any atom is -0.376 e. The third kappa shape index (κ3) is 3.71. The fourth-order valence-corrected chi connectivity index (χ4v) is 1.94. The highest BCUT2D eigenvalue weighted by atomic mass is 79.9. The first-order valence-electron chi connectivity index (χ1n) is 5.36. The molecule has 0 aromatic heterocycles. The molecule has 1 nitrogen and oxygen atoms in total. The number of hydrogen-bond acceptors (Lipinski definition) is 1. The van der Waals surface area contributed by atoms with E-state index in [0.717, 1.165) is 20.1 Å². The topological polar surface area (TPSA) is 20.2 Å². The molecule has 1 unspecified atom stereocenters. The van der Waals surface area contributed by atoms with Crippen LogP contribution < -0.4 is 0 Å². The van der Waals surface area contributed by atoms with Gasteiger partial charge in [0.1, 0.15) is 6.10 Å². The van der Waals surface area contributed by atoms with Gasteiger partial charge in [-0.05, 0) is 42.0 Å². The van der Waals surface area contributed by atoms with E-state index in [-0.39, 0.29) is 0 Å². The smallest absolute Gasteiger partial charge is 0.140 e. The lowest BCUT2D eigenvalue weighted by atomic mass is 10.1. The summed E-state index contributed by atoms with van der Waals surface area (Å²) in [6.45, 7) is 0. The zero-order chi connectivity index (χ0) is 13.0. The molecule has 0 aliphatic heterocycles. The Morgan fingerprint density at radius 3 is 1.89 bits per heavy atom. The van der Waals surface area contributed by atoms with Crippen LogP contribution in [0.3, 0.4) is 0 Å². The molecule has 3 heteroatoms. The molecule has 0 amide bonds. The number of aliphatic hydroxyl groups excluding tert-OH is 1. The van der Waals surface area contributed by atoms with Crippen molar-refractivity contribution < 1.29 is 5.11 Å². The second-order valence-corrected chi connectivity index (χ2v) is 5.56. The van der Waals surface area contributed by atoms with E-state index in [1.165, 1.54) is 0 Å². The average molecular weight is 366 g/mol. The molecule has 0 aliphatic carbocycles. The Kier molecular flexibility index (Phi) is 4.60. The zero-order valence-corrected chi connectivity index (χ0v) is 12.6. The van der Waals surface area contributed by atoms with Crippen LogP contribution in [0.1, 0.15) is 17.2 Å². The predicted molar refractivity (Wildman–Crippen MR) is 80.1 cm³/mol. The van der Waals surface area contributed by atoms with Crippen molar-refractivity contribution in [2.75, 3.05) is 0 Å². The van der Waals surface area contributed by atoms with Gasteiger partial charge >= 0.3 is 0 Å². The molecule has 18 heavy (non-hydrogen) atoms. The van der Waals surface area contributed by atoms with Gasteiger partial charge in [0, 0.05) is 14.5 Å². The monoisotopic (exact) mass is 364 g/mol. The van der Waals surface area contributed by atoms with E-state index < -0.39 is 6.10 Å². The molecule has 2 aromatic rings. The Morgan fingerprint density at radius 1 is 0.833 bits per heavy atom. The number of rotatable bonds is 1. The summed E-state index contributed by atoms with van der Waals surface area (Å²) < 4.78 is 2.00. The van der Waals surface area contributed by atoms with Gasteiger partial charge in [0.15, 0.2) is 0 Å². The van der Waals surface area contributed by atoms with E-state index in [0.29, 0.717) is 0 Å². The van der Waals surface area contributed by atoms with Crippen LogP contribution in [0.5, 0.6) is 0 Å². The van der Waals surface area contributed by atoms with Crippen molar-refractivity contribution in [2.45, 2.75) is 6.10 Å². The normalized spacial score (nSPS) is 11.5. The molecule has 0 heterocycles. The van der Waals surface area contributed by atoms with Gasteiger partial charge in [-0.15, -0.1) is 0 Å². The van der Waals surface area contributed by atoms with Crippen molar-refractivity contribution in [1.29, 1.82) is 0 Å². The Balaban J connectivity index is 2.14. The van der Waals surface area contributed by atoms with E-state index in [4.69, 9.17) is 0 Å². The lowest BCUT2D eigenvalue weighted by Crippen LogP contribution is -1.92. The third-order valence-corrected chi connectivity index (χ3v) is 3.44. The summed E-state index contributed by atoms with van der Waals surface area (Å²) in [5, 5.41) is 9.93. The van der Waals surface area contributed by atoms with Crippen molar-refractivity contribution in [2.24, 2.45) is 0 Å². The van der Waals surface area contributed by atoms with Crippen molar-refractivity contribution in [3.8, 4) is 11.8 Å². The van der Waals surface area contributed by atoms with Crippen molar-refractivity contribution in [1.82, 2.24) is 0 Å². The molecule has 0 fully saturated rings. The molecule has 0 spiro atoms. The molecule has 1 atom stereocenters. The second-order valence-electron chi connectivity index (χ2n) is 3.73. The number of benzene rings is 2. The van der Waals surface area contributed by atoms with Crippen molar-refractivity contribution in [3.05, 3.63) is 68.6 Å². The quantitative estimate of drug-likeness (QED) is 0.747. The fourth-order valence-electron chi connectivity index (χ4n) is 1.41.